The largest absolute Gasteiger partial charge is 0.494 e. The molecule has 0 saturated carbocycles. The lowest BCUT2D eigenvalue weighted by atomic mass is 10.2. The molecule has 0 bridgehead atoms. The van der Waals surface area contributed by atoms with Gasteiger partial charge < -0.3 is 9.57 Å². The lowest BCUT2D eigenvalue weighted by Gasteiger charge is -2.20. The van der Waals surface area contributed by atoms with Crippen LogP contribution in [0, 0.1) is 0 Å². The van der Waals surface area contributed by atoms with Gasteiger partial charge in [-0.2, -0.15) is 12.7 Å². The Kier molecular flexibility index (Phi) is 8.51. The summed E-state index contributed by atoms with van der Waals surface area (Å²) in [5.41, 5.74) is 1.49. The zero-order valence-corrected chi connectivity index (χ0v) is 19.1. The number of anilines is 1. The van der Waals surface area contributed by atoms with Gasteiger partial charge >= 0.3 is 10.2 Å². The van der Waals surface area contributed by atoms with E-state index in [9.17, 15) is 8.42 Å². The summed E-state index contributed by atoms with van der Waals surface area (Å²) in [6.45, 7) is 4.38. The van der Waals surface area contributed by atoms with Crippen molar-refractivity contribution in [1.82, 2.24) is 9.29 Å². The highest BCUT2D eigenvalue weighted by atomic mass is 35.5. The highest BCUT2D eigenvalue weighted by Gasteiger charge is 2.36. The van der Waals surface area contributed by atoms with Gasteiger partial charge in [0.05, 0.1) is 18.5 Å². The van der Waals surface area contributed by atoms with Gasteiger partial charge in [0, 0.05) is 25.8 Å². The van der Waals surface area contributed by atoms with Gasteiger partial charge in [-0.15, -0.1) is 0 Å². The van der Waals surface area contributed by atoms with Crippen LogP contribution in [0.1, 0.15) is 31.7 Å². The first-order valence-electron chi connectivity index (χ1n) is 10.3. The molecular weight excluding hydrogens is 440 g/mol. The number of rotatable bonds is 11. The molecule has 10 heteroatoms. The second-order valence-corrected chi connectivity index (χ2v) is 9.19. The number of nitrogens with zero attached hydrogens (tertiary/aromatic N) is 4. The van der Waals surface area contributed by atoms with Crippen molar-refractivity contribution >= 4 is 33.7 Å². The first-order chi connectivity index (χ1) is 15.0. The third kappa shape index (κ3) is 6.56. The molecule has 3 rings (SSSR count). The summed E-state index contributed by atoms with van der Waals surface area (Å²) >= 11 is 5.89. The van der Waals surface area contributed by atoms with Crippen molar-refractivity contribution in [2.24, 2.45) is 5.16 Å². The van der Waals surface area contributed by atoms with Crippen LogP contribution < -0.4 is 9.04 Å². The molecule has 0 amide bonds. The van der Waals surface area contributed by atoms with E-state index < -0.39 is 10.2 Å². The van der Waals surface area contributed by atoms with Gasteiger partial charge in [0.15, 0.2) is 0 Å². The minimum atomic E-state index is -3.52. The Morgan fingerprint density at radius 1 is 1.16 bits per heavy atom. The Hall–Kier alpha value is -2.36. The molecule has 168 valence electrons. The third-order valence-electron chi connectivity index (χ3n) is 4.76. The molecule has 2 heterocycles. The molecule has 0 atom stereocenters. The second kappa shape index (κ2) is 11.3. The fourth-order valence-corrected chi connectivity index (χ4v) is 5.00. The Morgan fingerprint density at radius 2 is 1.97 bits per heavy atom. The zero-order valence-electron chi connectivity index (χ0n) is 17.5. The van der Waals surface area contributed by atoms with Crippen molar-refractivity contribution < 1.29 is 18.0 Å². The van der Waals surface area contributed by atoms with Gasteiger partial charge in [-0.1, -0.05) is 16.8 Å². The average Bonchev–Trinajstić information content (AvgIpc) is 3.05. The van der Waals surface area contributed by atoms with E-state index in [-0.39, 0.29) is 5.15 Å². The van der Waals surface area contributed by atoms with E-state index in [0.29, 0.717) is 38.5 Å². The van der Waals surface area contributed by atoms with Crippen LogP contribution in [-0.2, 0) is 15.0 Å². The van der Waals surface area contributed by atoms with Crippen molar-refractivity contribution in [3.63, 3.8) is 0 Å². The van der Waals surface area contributed by atoms with Gasteiger partial charge in [-0.25, -0.2) is 4.98 Å². The van der Waals surface area contributed by atoms with E-state index in [4.69, 9.17) is 21.2 Å². The topological polar surface area (TPSA) is 84.3 Å². The number of halogens is 1. The van der Waals surface area contributed by atoms with Crippen LogP contribution in [0.4, 0.5) is 5.69 Å². The molecule has 31 heavy (non-hydrogen) atoms. The standard InChI is InChI=1S/C21H27ClN4O4S/c1-2-30-24-17-18-6-8-20(9-7-18)29-15-5-3-4-12-25-13-14-26(31(25,27)28)19-10-11-23-21(22)16-19/h6-11,16-17H,2-5,12-15H2,1H3/b24-17+. The maximum Gasteiger partial charge on any atom is 0.304 e. The molecule has 1 aromatic heterocycles. The van der Waals surface area contributed by atoms with Crippen LogP contribution in [0.2, 0.25) is 5.15 Å². The number of ether oxygens (including phenoxy) is 1. The van der Waals surface area contributed by atoms with Gasteiger partial charge in [0.25, 0.3) is 0 Å². The SMILES string of the molecule is CCO/N=C/c1ccc(OCCCCCN2CCN(c3ccnc(Cl)c3)S2(=O)=O)cc1. The molecule has 1 fully saturated rings. The summed E-state index contributed by atoms with van der Waals surface area (Å²) in [5, 5.41) is 4.11. The van der Waals surface area contributed by atoms with Crippen molar-refractivity contribution in [2.75, 3.05) is 37.2 Å². The number of hydrogen-bond acceptors (Lipinski definition) is 6. The Labute approximate surface area is 188 Å². The number of oxime groups is 1. The monoisotopic (exact) mass is 466 g/mol. The van der Waals surface area contributed by atoms with Gasteiger partial charge in [-0.05, 0) is 68.1 Å². The van der Waals surface area contributed by atoms with Crippen LogP contribution >= 0.6 is 11.6 Å². The first kappa shape index (κ1) is 23.3. The predicted molar refractivity (Wildman–Crippen MR) is 122 cm³/mol. The van der Waals surface area contributed by atoms with Crippen LogP contribution in [0.3, 0.4) is 0 Å². The number of hydrogen-bond donors (Lipinski definition) is 0. The molecule has 0 spiro atoms. The maximum atomic E-state index is 12.8. The summed E-state index contributed by atoms with van der Waals surface area (Å²) in [5.74, 6) is 0.794. The van der Waals surface area contributed by atoms with Crippen LogP contribution in [0.25, 0.3) is 0 Å². The number of aromatic nitrogens is 1. The van der Waals surface area contributed by atoms with E-state index in [1.807, 2.05) is 31.2 Å². The number of benzene rings is 1. The lowest BCUT2D eigenvalue weighted by Crippen LogP contribution is -2.33. The van der Waals surface area contributed by atoms with Crippen molar-refractivity contribution in [2.45, 2.75) is 26.2 Å². The molecule has 1 aliphatic heterocycles. The molecule has 0 unspecified atom stereocenters. The van der Waals surface area contributed by atoms with Gasteiger partial charge in [0.2, 0.25) is 0 Å². The Morgan fingerprint density at radius 3 is 2.71 bits per heavy atom. The molecular formula is C21H27ClN4O4S. The second-order valence-electron chi connectivity index (χ2n) is 6.95. The molecule has 0 N–H and O–H groups in total. The van der Waals surface area contributed by atoms with E-state index in [1.165, 1.54) is 14.8 Å². The summed E-state index contributed by atoms with van der Waals surface area (Å²) in [6.07, 6.45) is 5.68. The summed E-state index contributed by atoms with van der Waals surface area (Å²) in [4.78, 5) is 8.84. The quantitative estimate of drug-likeness (QED) is 0.218. The number of unbranched alkanes of at least 4 members (excludes halogenated alkanes) is 2. The van der Waals surface area contributed by atoms with Crippen molar-refractivity contribution in [3.05, 3.63) is 53.3 Å². The smallest absolute Gasteiger partial charge is 0.304 e. The van der Waals surface area contributed by atoms with Crippen LogP contribution in [0.5, 0.6) is 5.75 Å². The molecule has 1 saturated heterocycles. The molecule has 2 aromatic rings. The highest BCUT2D eigenvalue weighted by molar-refractivity contribution is 7.90. The lowest BCUT2D eigenvalue weighted by molar-refractivity contribution is 0.160. The van der Waals surface area contributed by atoms with Crippen LogP contribution in [-0.4, -0.2) is 56.8 Å². The normalized spacial score (nSPS) is 16.1. The summed E-state index contributed by atoms with van der Waals surface area (Å²) < 4.78 is 34.2. The van der Waals surface area contributed by atoms with Crippen molar-refractivity contribution in [3.8, 4) is 5.75 Å². The fourth-order valence-electron chi connectivity index (χ4n) is 3.19. The molecule has 0 radical (unpaired) electrons. The zero-order chi connectivity index (χ0) is 22.1. The van der Waals surface area contributed by atoms with E-state index in [1.54, 1.807) is 18.3 Å². The van der Waals surface area contributed by atoms with Crippen molar-refractivity contribution in [1.29, 1.82) is 0 Å². The van der Waals surface area contributed by atoms with E-state index in [0.717, 1.165) is 30.6 Å². The number of pyridine rings is 1. The molecule has 0 aliphatic carbocycles. The first-order valence-corrected chi connectivity index (χ1v) is 12.1. The summed E-state index contributed by atoms with van der Waals surface area (Å²) in [6, 6.07) is 10.8. The Balaban J connectivity index is 1.36. The van der Waals surface area contributed by atoms with Gasteiger partial charge in [0.1, 0.15) is 17.5 Å². The van der Waals surface area contributed by atoms with E-state index in [2.05, 4.69) is 10.1 Å². The summed E-state index contributed by atoms with van der Waals surface area (Å²) in [7, 11) is -3.52. The molecule has 8 nitrogen and oxygen atoms in total. The Bertz CT molecular complexity index is 970. The minimum absolute atomic E-state index is 0.277. The average molecular weight is 467 g/mol. The van der Waals surface area contributed by atoms with E-state index >= 15 is 0 Å². The third-order valence-corrected chi connectivity index (χ3v) is 6.94. The van der Waals surface area contributed by atoms with Gasteiger partial charge in [-0.3, -0.25) is 4.31 Å². The maximum absolute atomic E-state index is 12.8. The molecule has 1 aromatic carbocycles. The minimum Gasteiger partial charge on any atom is -0.494 e. The molecule has 1 aliphatic rings. The van der Waals surface area contributed by atoms with Crippen LogP contribution in [0.15, 0.2) is 47.8 Å². The highest BCUT2D eigenvalue weighted by Crippen LogP contribution is 2.26. The fraction of sp³-hybridized carbons (Fsp3) is 0.429. The predicted octanol–water partition coefficient (Wildman–Crippen LogP) is 3.72.